The van der Waals surface area contributed by atoms with Gasteiger partial charge in [-0.3, -0.25) is 4.79 Å². The van der Waals surface area contributed by atoms with E-state index in [1.54, 1.807) is 6.92 Å². The Bertz CT molecular complexity index is 408. The van der Waals surface area contributed by atoms with E-state index < -0.39 is 6.04 Å². The number of hydrogen-bond acceptors (Lipinski definition) is 3. The zero-order valence-corrected chi connectivity index (χ0v) is 11.5. The number of carbonyl (C=O) groups excluding carboxylic acids is 1. The average molecular weight is 271 g/mol. The van der Waals surface area contributed by atoms with Gasteiger partial charge in [0, 0.05) is 11.6 Å². The number of nitrogens with two attached hydrogens (primary N) is 1. The molecule has 0 spiro atoms. The Labute approximate surface area is 112 Å². The SMILES string of the molecule is Cc1cc(OCCCNC(=O)C(C)N)ccc1Cl. The molecule has 1 rings (SSSR count). The van der Waals surface area contributed by atoms with Crippen LogP contribution in [-0.4, -0.2) is 25.1 Å². The van der Waals surface area contributed by atoms with Crippen molar-refractivity contribution < 1.29 is 9.53 Å². The maximum absolute atomic E-state index is 11.2. The third-order valence-electron chi connectivity index (χ3n) is 2.43. The zero-order chi connectivity index (χ0) is 13.5. The summed E-state index contributed by atoms with van der Waals surface area (Å²) in [6, 6.07) is 5.06. The van der Waals surface area contributed by atoms with Gasteiger partial charge in [0.2, 0.25) is 5.91 Å². The minimum absolute atomic E-state index is 0.141. The van der Waals surface area contributed by atoms with Crippen molar-refractivity contribution in [2.75, 3.05) is 13.2 Å². The summed E-state index contributed by atoms with van der Waals surface area (Å²) in [5.41, 5.74) is 6.40. The maximum Gasteiger partial charge on any atom is 0.236 e. The molecule has 0 aliphatic carbocycles. The van der Waals surface area contributed by atoms with Crippen LogP contribution < -0.4 is 15.8 Å². The van der Waals surface area contributed by atoms with E-state index >= 15 is 0 Å². The summed E-state index contributed by atoms with van der Waals surface area (Å²) in [5, 5.41) is 3.45. The summed E-state index contributed by atoms with van der Waals surface area (Å²) in [5.74, 6) is 0.646. The summed E-state index contributed by atoms with van der Waals surface area (Å²) in [4.78, 5) is 11.2. The topological polar surface area (TPSA) is 64.3 Å². The molecule has 0 saturated heterocycles. The molecule has 0 heterocycles. The number of aryl methyl sites for hydroxylation is 1. The lowest BCUT2D eigenvalue weighted by atomic mass is 10.2. The Balaban J connectivity index is 2.22. The molecule has 100 valence electrons. The number of rotatable bonds is 6. The molecule has 3 N–H and O–H groups in total. The van der Waals surface area contributed by atoms with E-state index in [2.05, 4.69) is 5.32 Å². The van der Waals surface area contributed by atoms with Gasteiger partial charge < -0.3 is 15.8 Å². The van der Waals surface area contributed by atoms with Crippen LogP contribution in [0.25, 0.3) is 0 Å². The molecule has 1 amide bonds. The molecular weight excluding hydrogens is 252 g/mol. The van der Waals surface area contributed by atoms with E-state index in [1.165, 1.54) is 0 Å². The number of halogens is 1. The van der Waals surface area contributed by atoms with Crippen molar-refractivity contribution in [3.8, 4) is 5.75 Å². The predicted molar refractivity (Wildman–Crippen MR) is 73.0 cm³/mol. The van der Waals surface area contributed by atoms with Crippen molar-refractivity contribution in [3.05, 3.63) is 28.8 Å². The second-order valence-corrected chi connectivity index (χ2v) is 4.60. The summed E-state index contributed by atoms with van der Waals surface area (Å²) in [7, 11) is 0. The standard InChI is InChI=1S/C13H19ClN2O2/c1-9-8-11(4-5-12(9)14)18-7-3-6-16-13(17)10(2)15/h4-5,8,10H,3,6-7,15H2,1-2H3,(H,16,17). The smallest absolute Gasteiger partial charge is 0.236 e. The van der Waals surface area contributed by atoms with E-state index in [9.17, 15) is 4.79 Å². The number of carbonyl (C=O) groups is 1. The van der Waals surface area contributed by atoms with Crippen molar-refractivity contribution in [1.29, 1.82) is 0 Å². The van der Waals surface area contributed by atoms with Crippen molar-refractivity contribution in [1.82, 2.24) is 5.32 Å². The van der Waals surface area contributed by atoms with Crippen LogP contribution in [0.3, 0.4) is 0 Å². The summed E-state index contributed by atoms with van der Waals surface area (Å²) < 4.78 is 5.54. The van der Waals surface area contributed by atoms with Crippen LogP contribution in [0, 0.1) is 6.92 Å². The fraction of sp³-hybridized carbons (Fsp3) is 0.462. The molecule has 0 fully saturated rings. The molecule has 1 aromatic carbocycles. The molecule has 0 aliphatic heterocycles. The van der Waals surface area contributed by atoms with E-state index in [4.69, 9.17) is 22.1 Å². The fourth-order valence-corrected chi connectivity index (χ4v) is 1.46. The van der Waals surface area contributed by atoms with Gasteiger partial charge in [0.05, 0.1) is 12.6 Å². The van der Waals surface area contributed by atoms with E-state index in [0.29, 0.717) is 13.2 Å². The maximum atomic E-state index is 11.2. The predicted octanol–water partition coefficient (Wildman–Crippen LogP) is 1.88. The normalized spacial score (nSPS) is 12.0. The van der Waals surface area contributed by atoms with Crippen LogP contribution in [0.1, 0.15) is 18.9 Å². The first-order valence-corrected chi connectivity index (χ1v) is 6.30. The highest BCUT2D eigenvalue weighted by molar-refractivity contribution is 6.31. The van der Waals surface area contributed by atoms with Crippen molar-refractivity contribution in [2.45, 2.75) is 26.3 Å². The Morgan fingerprint density at radius 2 is 2.28 bits per heavy atom. The van der Waals surface area contributed by atoms with Crippen LogP contribution in [0.15, 0.2) is 18.2 Å². The van der Waals surface area contributed by atoms with Gasteiger partial charge in [-0.1, -0.05) is 11.6 Å². The van der Waals surface area contributed by atoms with Gasteiger partial charge in [0.15, 0.2) is 0 Å². The highest BCUT2D eigenvalue weighted by Crippen LogP contribution is 2.20. The van der Waals surface area contributed by atoms with E-state index in [1.807, 2.05) is 25.1 Å². The molecule has 1 atom stereocenters. The Morgan fingerprint density at radius 1 is 1.56 bits per heavy atom. The molecule has 1 unspecified atom stereocenters. The molecule has 0 saturated carbocycles. The van der Waals surface area contributed by atoms with Gasteiger partial charge in [0.25, 0.3) is 0 Å². The largest absolute Gasteiger partial charge is 0.494 e. The van der Waals surface area contributed by atoms with E-state index in [-0.39, 0.29) is 5.91 Å². The molecule has 4 nitrogen and oxygen atoms in total. The van der Waals surface area contributed by atoms with Gasteiger partial charge in [-0.25, -0.2) is 0 Å². The van der Waals surface area contributed by atoms with Crippen LogP contribution in [-0.2, 0) is 4.79 Å². The third kappa shape index (κ3) is 4.94. The Hall–Kier alpha value is -1.26. The van der Waals surface area contributed by atoms with Crippen LogP contribution >= 0.6 is 11.6 Å². The Morgan fingerprint density at radius 3 is 2.89 bits per heavy atom. The number of amides is 1. The third-order valence-corrected chi connectivity index (χ3v) is 2.86. The summed E-state index contributed by atoms with van der Waals surface area (Å²) in [6.07, 6.45) is 0.736. The first kappa shape index (κ1) is 14.8. The van der Waals surface area contributed by atoms with E-state index in [0.717, 1.165) is 22.8 Å². The van der Waals surface area contributed by atoms with Gasteiger partial charge in [-0.15, -0.1) is 0 Å². The van der Waals surface area contributed by atoms with Crippen molar-refractivity contribution >= 4 is 17.5 Å². The van der Waals surface area contributed by atoms with Crippen LogP contribution in [0.4, 0.5) is 0 Å². The first-order chi connectivity index (χ1) is 8.50. The Kier molecular flexibility index (Phi) is 5.95. The minimum Gasteiger partial charge on any atom is -0.494 e. The average Bonchev–Trinajstić information content (AvgIpc) is 2.32. The lowest BCUT2D eigenvalue weighted by Crippen LogP contribution is -2.38. The molecule has 0 aliphatic rings. The molecule has 18 heavy (non-hydrogen) atoms. The lowest BCUT2D eigenvalue weighted by Gasteiger charge is -2.09. The molecular formula is C13H19ClN2O2. The second-order valence-electron chi connectivity index (χ2n) is 4.19. The molecule has 5 heteroatoms. The summed E-state index contributed by atoms with van der Waals surface area (Å²) >= 11 is 5.91. The second kappa shape index (κ2) is 7.24. The fourth-order valence-electron chi connectivity index (χ4n) is 1.34. The van der Waals surface area contributed by atoms with Crippen LogP contribution in [0.2, 0.25) is 5.02 Å². The van der Waals surface area contributed by atoms with Crippen molar-refractivity contribution in [3.63, 3.8) is 0 Å². The minimum atomic E-state index is -0.468. The van der Waals surface area contributed by atoms with Gasteiger partial charge in [0.1, 0.15) is 5.75 Å². The number of ether oxygens (including phenoxy) is 1. The van der Waals surface area contributed by atoms with Gasteiger partial charge >= 0.3 is 0 Å². The molecule has 0 radical (unpaired) electrons. The molecule has 0 aromatic heterocycles. The van der Waals surface area contributed by atoms with Crippen molar-refractivity contribution in [2.24, 2.45) is 5.73 Å². The highest BCUT2D eigenvalue weighted by atomic mass is 35.5. The van der Waals surface area contributed by atoms with Gasteiger partial charge in [-0.05, 0) is 44.0 Å². The van der Waals surface area contributed by atoms with Crippen LogP contribution in [0.5, 0.6) is 5.75 Å². The monoisotopic (exact) mass is 270 g/mol. The number of nitrogens with one attached hydrogen (secondary N) is 1. The molecule has 1 aromatic rings. The summed E-state index contributed by atoms with van der Waals surface area (Å²) in [6.45, 7) is 4.69. The number of benzene rings is 1. The molecule has 0 bridgehead atoms. The highest BCUT2D eigenvalue weighted by Gasteiger charge is 2.05. The zero-order valence-electron chi connectivity index (χ0n) is 10.7. The lowest BCUT2D eigenvalue weighted by molar-refractivity contribution is -0.121. The first-order valence-electron chi connectivity index (χ1n) is 5.93. The van der Waals surface area contributed by atoms with Gasteiger partial charge in [-0.2, -0.15) is 0 Å². The number of hydrogen-bond donors (Lipinski definition) is 2. The quantitative estimate of drug-likeness (QED) is 0.776.